The fraction of sp³-hybridized carbons (Fsp3) is 0.480. The van der Waals surface area contributed by atoms with E-state index < -0.39 is 0 Å². The van der Waals surface area contributed by atoms with Gasteiger partial charge in [-0.1, -0.05) is 35.9 Å². The Labute approximate surface area is 208 Å². The number of rotatable bonds is 8. The minimum atomic E-state index is -0.324. The number of carbonyl (C=O) groups is 1. The van der Waals surface area contributed by atoms with Crippen molar-refractivity contribution in [3.63, 3.8) is 0 Å². The van der Waals surface area contributed by atoms with Crippen molar-refractivity contribution in [1.82, 2.24) is 20.8 Å². The number of methoxy groups -OCH3 is 1. The molecule has 34 heavy (non-hydrogen) atoms. The molecule has 188 valence electrons. The maximum atomic E-state index is 12.5. The van der Waals surface area contributed by atoms with E-state index in [2.05, 4.69) is 52.5 Å². The van der Waals surface area contributed by atoms with Gasteiger partial charge in [0, 0.05) is 31.0 Å². The zero-order chi connectivity index (χ0) is 25.5. The van der Waals surface area contributed by atoms with Crippen LogP contribution < -0.4 is 16.4 Å². The first-order chi connectivity index (χ1) is 16.3. The summed E-state index contributed by atoms with van der Waals surface area (Å²) in [6.45, 7) is 8.97. The van der Waals surface area contributed by atoms with Crippen LogP contribution in [0.5, 0.6) is 0 Å². The summed E-state index contributed by atoms with van der Waals surface area (Å²) in [6.07, 6.45) is 6.04. The number of thiol groups is 1. The van der Waals surface area contributed by atoms with E-state index in [0.29, 0.717) is 30.4 Å². The lowest BCUT2D eigenvalue weighted by molar-refractivity contribution is -0.118. The molecule has 1 aromatic heterocycles. The molecule has 1 aliphatic rings. The van der Waals surface area contributed by atoms with Crippen LogP contribution in [0.1, 0.15) is 56.5 Å². The predicted molar refractivity (Wildman–Crippen MR) is 140 cm³/mol. The number of ether oxygens (including phenoxy) is 1. The highest BCUT2D eigenvalue weighted by Crippen LogP contribution is 2.30. The van der Waals surface area contributed by atoms with Gasteiger partial charge in [-0.2, -0.15) is 12.6 Å². The van der Waals surface area contributed by atoms with Crippen LogP contribution in [-0.4, -0.2) is 48.7 Å². The second-order valence-corrected chi connectivity index (χ2v) is 7.88. The molecule has 9 heteroatoms. The number of aryl methyl sites for hydroxylation is 1. The number of nitrogens with two attached hydrogens (primary N) is 1. The molecule has 0 fully saturated rings. The Hall–Kier alpha value is -2.62. The molecule has 1 aliphatic carbocycles. The Morgan fingerprint density at radius 3 is 2.44 bits per heavy atom. The highest BCUT2D eigenvalue weighted by Gasteiger charge is 2.26. The molecule has 0 radical (unpaired) electrons. The zero-order valence-corrected chi connectivity index (χ0v) is 21.9. The normalized spacial score (nSPS) is 16.4. The quantitative estimate of drug-likeness (QED) is 0.418. The Bertz CT molecular complexity index is 912. The van der Waals surface area contributed by atoms with Crippen molar-refractivity contribution in [2.45, 2.75) is 52.1 Å². The standard InChI is InChI=1S/C17H27N5O3.C7H8.CH4S/c1-5-19-14-7-12(15(23)20-10(2)9-24-4)6-13(8-14)17-22-21-16(25-17)11(3)18;1-7-5-3-2-4-6-7;1-2/h7-8,10-11,13,19H,5-6,9,18H2,1-4H3,(H,20,23);2-6H,1H3;2H,1H3. The number of amides is 1. The number of allylic oxidation sites excluding steroid dienone is 2. The maximum absolute atomic E-state index is 12.5. The van der Waals surface area contributed by atoms with E-state index in [9.17, 15) is 4.79 Å². The van der Waals surface area contributed by atoms with Crippen LogP contribution in [0.15, 0.2) is 58.2 Å². The fourth-order valence-electron chi connectivity index (χ4n) is 3.16. The summed E-state index contributed by atoms with van der Waals surface area (Å²) < 4.78 is 10.7. The van der Waals surface area contributed by atoms with Crippen LogP contribution in [0.3, 0.4) is 0 Å². The molecule has 8 nitrogen and oxygen atoms in total. The smallest absolute Gasteiger partial charge is 0.247 e. The third-order valence-corrected chi connectivity index (χ3v) is 4.72. The number of hydrogen-bond donors (Lipinski definition) is 4. The first kappa shape index (κ1) is 29.4. The van der Waals surface area contributed by atoms with E-state index in [-0.39, 0.29) is 23.9 Å². The molecule has 0 spiro atoms. The van der Waals surface area contributed by atoms with E-state index in [1.165, 1.54) is 5.56 Å². The van der Waals surface area contributed by atoms with Crippen molar-refractivity contribution < 1.29 is 13.9 Å². The van der Waals surface area contributed by atoms with Crippen LogP contribution in [-0.2, 0) is 9.53 Å². The highest BCUT2D eigenvalue weighted by atomic mass is 32.1. The van der Waals surface area contributed by atoms with Crippen molar-refractivity contribution in [1.29, 1.82) is 0 Å². The molecule has 3 atom stereocenters. The molecule has 1 heterocycles. The Morgan fingerprint density at radius 2 is 1.94 bits per heavy atom. The van der Waals surface area contributed by atoms with Gasteiger partial charge in [0.05, 0.1) is 18.6 Å². The summed E-state index contributed by atoms with van der Waals surface area (Å²) >= 11 is 3.53. The van der Waals surface area contributed by atoms with E-state index in [1.807, 2.05) is 44.2 Å². The lowest BCUT2D eigenvalue weighted by Gasteiger charge is -2.21. The lowest BCUT2D eigenvalue weighted by atomic mass is 9.91. The fourth-order valence-corrected chi connectivity index (χ4v) is 3.16. The van der Waals surface area contributed by atoms with Gasteiger partial charge in [-0.25, -0.2) is 0 Å². The number of benzene rings is 1. The van der Waals surface area contributed by atoms with Crippen molar-refractivity contribution in [2.24, 2.45) is 5.73 Å². The van der Waals surface area contributed by atoms with Crippen LogP contribution >= 0.6 is 12.6 Å². The van der Waals surface area contributed by atoms with Crippen molar-refractivity contribution >= 4 is 18.5 Å². The number of carbonyl (C=O) groups excluding carboxylic acids is 1. The highest BCUT2D eigenvalue weighted by molar-refractivity contribution is 7.79. The average Bonchev–Trinajstić information content (AvgIpc) is 3.32. The number of nitrogens with zero attached hydrogens (tertiary/aromatic N) is 2. The molecular weight excluding hydrogens is 450 g/mol. The predicted octanol–water partition coefficient (Wildman–Crippen LogP) is 3.69. The second kappa shape index (κ2) is 16.1. The van der Waals surface area contributed by atoms with Gasteiger partial charge in [-0.15, -0.1) is 10.2 Å². The number of hydrogen-bond acceptors (Lipinski definition) is 8. The molecular formula is C25H39N5O3S. The Morgan fingerprint density at radius 1 is 1.26 bits per heavy atom. The molecule has 0 bridgehead atoms. The second-order valence-electron chi connectivity index (χ2n) is 7.88. The van der Waals surface area contributed by atoms with E-state index in [0.717, 1.165) is 12.2 Å². The molecule has 1 aromatic carbocycles. The molecule has 3 unspecified atom stereocenters. The number of likely N-dealkylation sites (N-methyl/N-ethyl adjacent to an activating group) is 1. The van der Waals surface area contributed by atoms with Crippen molar-refractivity contribution in [3.8, 4) is 0 Å². The van der Waals surface area contributed by atoms with Crippen LogP contribution in [0.4, 0.5) is 0 Å². The average molecular weight is 490 g/mol. The van der Waals surface area contributed by atoms with E-state index in [1.54, 1.807) is 20.3 Å². The van der Waals surface area contributed by atoms with Gasteiger partial charge in [-0.3, -0.25) is 4.79 Å². The molecule has 2 aromatic rings. The van der Waals surface area contributed by atoms with E-state index >= 15 is 0 Å². The van der Waals surface area contributed by atoms with Crippen molar-refractivity contribution in [2.75, 3.05) is 26.5 Å². The Kier molecular flexibility index (Phi) is 13.9. The van der Waals surface area contributed by atoms with Gasteiger partial charge >= 0.3 is 0 Å². The Balaban J connectivity index is 0.000000540. The van der Waals surface area contributed by atoms with Crippen LogP contribution in [0.25, 0.3) is 0 Å². The van der Waals surface area contributed by atoms with Gasteiger partial charge < -0.3 is 25.5 Å². The summed E-state index contributed by atoms with van der Waals surface area (Å²) in [5, 5.41) is 14.2. The number of aromatic nitrogens is 2. The van der Waals surface area contributed by atoms with Gasteiger partial charge in [0.25, 0.3) is 0 Å². The molecule has 0 saturated carbocycles. The maximum Gasteiger partial charge on any atom is 0.247 e. The van der Waals surface area contributed by atoms with Gasteiger partial charge in [0.1, 0.15) is 0 Å². The summed E-state index contributed by atoms with van der Waals surface area (Å²) in [7, 11) is 1.61. The monoisotopic (exact) mass is 489 g/mol. The molecule has 1 amide bonds. The summed E-state index contributed by atoms with van der Waals surface area (Å²) in [5.41, 5.74) is 8.62. The zero-order valence-electron chi connectivity index (χ0n) is 21.0. The lowest BCUT2D eigenvalue weighted by Crippen LogP contribution is -2.37. The van der Waals surface area contributed by atoms with Crippen LogP contribution in [0.2, 0.25) is 0 Å². The first-order valence-electron chi connectivity index (χ1n) is 11.3. The van der Waals surface area contributed by atoms with Crippen molar-refractivity contribution in [3.05, 3.63) is 71.1 Å². The van der Waals surface area contributed by atoms with Gasteiger partial charge in [0.2, 0.25) is 17.7 Å². The largest absolute Gasteiger partial charge is 0.423 e. The molecule has 4 N–H and O–H groups in total. The summed E-state index contributed by atoms with van der Waals surface area (Å²) in [5.74, 6) is 0.566. The van der Waals surface area contributed by atoms with Gasteiger partial charge in [0.15, 0.2) is 0 Å². The van der Waals surface area contributed by atoms with Gasteiger partial charge in [-0.05, 0) is 52.5 Å². The summed E-state index contributed by atoms with van der Waals surface area (Å²) in [4.78, 5) is 12.5. The molecule has 3 rings (SSSR count). The SMILES string of the molecule is CCNC1=CC(c2nnc(C(C)N)o2)CC(C(=O)NC(C)COC)=C1.CS.Cc1ccccc1. The number of nitrogens with one attached hydrogen (secondary N) is 2. The minimum Gasteiger partial charge on any atom is -0.423 e. The molecule has 0 saturated heterocycles. The third kappa shape index (κ3) is 10.1. The van der Waals surface area contributed by atoms with E-state index in [4.69, 9.17) is 14.9 Å². The topological polar surface area (TPSA) is 115 Å². The molecule has 0 aliphatic heterocycles. The third-order valence-electron chi connectivity index (χ3n) is 4.72. The van der Waals surface area contributed by atoms with Crippen LogP contribution in [0, 0.1) is 6.92 Å². The first-order valence-corrected chi connectivity index (χ1v) is 12.2. The summed E-state index contributed by atoms with van der Waals surface area (Å²) in [6, 6.07) is 9.87. The minimum absolute atomic E-state index is 0.0709.